The maximum absolute atomic E-state index is 13.5. The lowest BCUT2D eigenvalue weighted by Gasteiger charge is -2.02. The molecule has 0 bridgehead atoms. The van der Waals surface area contributed by atoms with E-state index in [1.165, 1.54) is 24.5 Å². The summed E-state index contributed by atoms with van der Waals surface area (Å²) in [7, 11) is 1.43. The Morgan fingerprint density at radius 1 is 1.50 bits per heavy atom. The van der Waals surface area contributed by atoms with Gasteiger partial charge in [0, 0.05) is 5.56 Å². The van der Waals surface area contributed by atoms with Gasteiger partial charge in [-0.05, 0) is 34.1 Å². The highest BCUT2D eigenvalue weighted by Gasteiger charge is 2.10. The topological polar surface area (TPSA) is 48.1 Å². The van der Waals surface area contributed by atoms with Gasteiger partial charge in [-0.15, -0.1) is 11.3 Å². The lowest BCUT2D eigenvalue weighted by Crippen LogP contribution is -1.89. The van der Waals surface area contributed by atoms with Crippen LogP contribution >= 0.6 is 27.3 Å². The van der Waals surface area contributed by atoms with Crippen LogP contribution in [0.3, 0.4) is 0 Å². The van der Waals surface area contributed by atoms with Gasteiger partial charge in [0.1, 0.15) is 14.6 Å². The number of methoxy groups -OCH3 is 1. The summed E-state index contributed by atoms with van der Waals surface area (Å²) in [6.45, 7) is 0. The van der Waals surface area contributed by atoms with Crippen LogP contribution in [-0.4, -0.2) is 12.1 Å². The summed E-state index contributed by atoms with van der Waals surface area (Å²) in [5.41, 5.74) is 6.29. The molecule has 1 aromatic carbocycles. The van der Waals surface area contributed by atoms with Crippen LogP contribution < -0.4 is 10.5 Å². The summed E-state index contributed by atoms with van der Waals surface area (Å²) >= 11 is 4.64. The van der Waals surface area contributed by atoms with Crippen molar-refractivity contribution >= 4 is 33.1 Å². The molecule has 1 heterocycles. The Morgan fingerprint density at radius 3 is 2.75 bits per heavy atom. The monoisotopic (exact) mass is 302 g/mol. The third-order valence-corrected chi connectivity index (χ3v) is 3.81. The fraction of sp³-hybridized carbons (Fsp3) is 0.100. The number of rotatable bonds is 2. The first-order valence-corrected chi connectivity index (χ1v) is 5.98. The van der Waals surface area contributed by atoms with Crippen LogP contribution in [0.5, 0.6) is 5.75 Å². The van der Waals surface area contributed by atoms with E-state index < -0.39 is 5.82 Å². The molecular formula is C10H8BrFN2OS. The second-order valence-corrected chi connectivity index (χ2v) is 5.34. The Bertz CT molecular complexity index is 510. The molecule has 0 aliphatic rings. The number of anilines is 1. The van der Waals surface area contributed by atoms with E-state index in [0.29, 0.717) is 16.4 Å². The highest BCUT2D eigenvalue weighted by Crippen LogP contribution is 2.34. The summed E-state index contributed by atoms with van der Waals surface area (Å²) in [4.78, 5) is 4.12. The van der Waals surface area contributed by atoms with Crippen LogP contribution in [0, 0.1) is 5.82 Å². The molecule has 0 amide bonds. The second-order valence-electron chi connectivity index (χ2n) is 3.03. The fourth-order valence-electron chi connectivity index (χ4n) is 1.24. The van der Waals surface area contributed by atoms with Crippen molar-refractivity contribution in [2.24, 2.45) is 0 Å². The number of hydrogen-bond acceptors (Lipinski definition) is 4. The zero-order valence-electron chi connectivity index (χ0n) is 8.33. The number of nitrogen functional groups attached to an aromatic ring is 1. The zero-order valence-corrected chi connectivity index (χ0v) is 10.7. The molecule has 0 aliphatic heterocycles. The summed E-state index contributed by atoms with van der Waals surface area (Å²) in [6.07, 6.45) is 0. The number of thiazole rings is 1. The highest BCUT2D eigenvalue weighted by molar-refractivity contribution is 9.11. The second kappa shape index (κ2) is 4.39. The Balaban J connectivity index is 2.45. The fourth-order valence-corrected chi connectivity index (χ4v) is 2.49. The van der Waals surface area contributed by atoms with E-state index >= 15 is 0 Å². The number of benzene rings is 1. The Hall–Kier alpha value is -1.14. The first kappa shape index (κ1) is 11.3. The molecule has 0 unspecified atom stereocenters. The number of halogens is 2. The zero-order chi connectivity index (χ0) is 11.7. The van der Waals surface area contributed by atoms with Crippen molar-refractivity contribution in [3.63, 3.8) is 0 Å². The van der Waals surface area contributed by atoms with Crippen LogP contribution in [0.25, 0.3) is 10.6 Å². The maximum atomic E-state index is 13.5. The molecule has 3 nitrogen and oxygen atoms in total. The Morgan fingerprint density at radius 2 is 2.25 bits per heavy atom. The number of hydrogen-bond donors (Lipinski definition) is 1. The molecule has 2 rings (SSSR count). The molecule has 0 radical (unpaired) electrons. The Labute approximate surface area is 104 Å². The lowest BCUT2D eigenvalue weighted by atomic mass is 10.2. The van der Waals surface area contributed by atoms with Gasteiger partial charge in [0.25, 0.3) is 0 Å². The first-order chi connectivity index (χ1) is 7.61. The smallest absolute Gasteiger partial charge is 0.165 e. The van der Waals surface area contributed by atoms with E-state index in [1.807, 2.05) is 0 Å². The van der Waals surface area contributed by atoms with Crippen LogP contribution in [0.2, 0.25) is 0 Å². The average molecular weight is 303 g/mol. The van der Waals surface area contributed by atoms with E-state index in [0.717, 1.165) is 3.79 Å². The third kappa shape index (κ3) is 2.03. The molecule has 0 saturated carbocycles. The first-order valence-electron chi connectivity index (χ1n) is 4.37. The summed E-state index contributed by atoms with van der Waals surface area (Å²) in [5.74, 6) is 0.216. The number of nitrogens with two attached hydrogens (primary N) is 1. The molecule has 2 aromatic rings. The number of ether oxygens (including phenoxy) is 1. The van der Waals surface area contributed by atoms with Crippen LogP contribution in [0.4, 0.5) is 10.2 Å². The van der Waals surface area contributed by atoms with Crippen LogP contribution in [0.15, 0.2) is 22.0 Å². The van der Waals surface area contributed by atoms with Gasteiger partial charge in [0.15, 0.2) is 11.6 Å². The molecule has 6 heteroatoms. The van der Waals surface area contributed by atoms with E-state index in [2.05, 4.69) is 20.9 Å². The molecule has 84 valence electrons. The van der Waals surface area contributed by atoms with Gasteiger partial charge in [-0.3, -0.25) is 0 Å². The Kier molecular flexibility index (Phi) is 3.11. The summed E-state index contributed by atoms with van der Waals surface area (Å²) in [6, 6.07) is 4.69. The van der Waals surface area contributed by atoms with E-state index in [-0.39, 0.29) is 5.75 Å². The van der Waals surface area contributed by atoms with Gasteiger partial charge < -0.3 is 10.5 Å². The number of aromatic nitrogens is 1. The number of nitrogens with zero attached hydrogens (tertiary/aromatic N) is 1. The van der Waals surface area contributed by atoms with Gasteiger partial charge in [-0.25, -0.2) is 9.37 Å². The molecule has 16 heavy (non-hydrogen) atoms. The van der Waals surface area contributed by atoms with E-state index in [4.69, 9.17) is 10.5 Å². The quantitative estimate of drug-likeness (QED) is 0.926. The molecule has 2 N–H and O–H groups in total. The van der Waals surface area contributed by atoms with Crippen molar-refractivity contribution in [3.8, 4) is 16.3 Å². The standard InChI is InChI=1S/C10H8BrFN2OS/c1-15-7-3-2-5(4-6(7)12)10-14-9(13)8(11)16-10/h2-4H,13H2,1H3. The summed E-state index contributed by atoms with van der Waals surface area (Å²) in [5, 5.41) is 0.672. The van der Waals surface area contributed by atoms with Gasteiger partial charge in [-0.2, -0.15) is 0 Å². The van der Waals surface area contributed by atoms with Crippen LogP contribution in [0.1, 0.15) is 0 Å². The van der Waals surface area contributed by atoms with Crippen molar-refractivity contribution < 1.29 is 9.13 Å². The normalized spacial score (nSPS) is 10.4. The van der Waals surface area contributed by atoms with Crippen molar-refractivity contribution in [2.45, 2.75) is 0 Å². The highest BCUT2D eigenvalue weighted by atomic mass is 79.9. The average Bonchev–Trinajstić information content (AvgIpc) is 2.59. The molecule has 0 spiro atoms. The van der Waals surface area contributed by atoms with Gasteiger partial charge in [0.2, 0.25) is 0 Å². The molecule has 0 saturated heterocycles. The van der Waals surface area contributed by atoms with Crippen molar-refractivity contribution in [2.75, 3.05) is 12.8 Å². The predicted octanol–water partition coefficient (Wildman–Crippen LogP) is 3.30. The van der Waals surface area contributed by atoms with Crippen molar-refractivity contribution in [1.82, 2.24) is 4.98 Å². The molecule has 1 aromatic heterocycles. The van der Waals surface area contributed by atoms with Gasteiger partial charge >= 0.3 is 0 Å². The maximum Gasteiger partial charge on any atom is 0.165 e. The molecule has 0 atom stereocenters. The largest absolute Gasteiger partial charge is 0.494 e. The minimum Gasteiger partial charge on any atom is -0.494 e. The van der Waals surface area contributed by atoms with Crippen LogP contribution in [-0.2, 0) is 0 Å². The third-order valence-electron chi connectivity index (χ3n) is 2.01. The summed E-state index contributed by atoms with van der Waals surface area (Å²) < 4.78 is 19.0. The molecule has 0 aliphatic carbocycles. The molecule has 0 fully saturated rings. The van der Waals surface area contributed by atoms with Crippen molar-refractivity contribution in [1.29, 1.82) is 0 Å². The van der Waals surface area contributed by atoms with Gasteiger partial charge in [0.05, 0.1) is 7.11 Å². The SMILES string of the molecule is COc1ccc(-c2nc(N)c(Br)s2)cc1F. The van der Waals surface area contributed by atoms with E-state index in [9.17, 15) is 4.39 Å². The van der Waals surface area contributed by atoms with E-state index in [1.54, 1.807) is 12.1 Å². The minimum atomic E-state index is -0.412. The molecular weight excluding hydrogens is 295 g/mol. The predicted molar refractivity (Wildman–Crippen MR) is 66.2 cm³/mol. The lowest BCUT2D eigenvalue weighted by molar-refractivity contribution is 0.386. The van der Waals surface area contributed by atoms with Gasteiger partial charge in [-0.1, -0.05) is 0 Å². The van der Waals surface area contributed by atoms with Crippen molar-refractivity contribution in [3.05, 3.63) is 27.8 Å². The minimum absolute atomic E-state index is 0.215.